The predicted molar refractivity (Wildman–Crippen MR) is 75.1 cm³/mol. The molecule has 0 aromatic heterocycles. The number of halogens is 1. The van der Waals surface area contributed by atoms with Gasteiger partial charge in [0.2, 0.25) is 0 Å². The second kappa shape index (κ2) is 6.09. The number of aliphatic imine (C=N–C) groups is 1. The fourth-order valence-corrected chi connectivity index (χ4v) is 2.27. The summed E-state index contributed by atoms with van der Waals surface area (Å²) in [5.74, 6) is 1.08. The molecule has 0 saturated heterocycles. The highest BCUT2D eigenvalue weighted by molar-refractivity contribution is 7.97. The molecular formula is C13H18FN3S. The molecule has 0 bridgehead atoms. The summed E-state index contributed by atoms with van der Waals surface area (Å²) in [6.07, 6.45) is 4.34. The standard InChI is InChI=1S/C13H18FN3S/c1-18-8-10-6-11(14)3-2-9(10)7-16-13(15)17-12-4-5-12/h2-3,6,12H,4-5,7-8H2,1H3,(H3,15,16,17). The molecule has 3 N–H and O–H groups in total. The molecule has 0 heterocycles. The van der Waals surface area contributed by atoms with Crippen molar-refractivity contribution < 1.29 is 4.39 Å². The number of thioether (sulfide) groups is 1. The van der Waals surface area contributed by atoms with Crippen LogP contribution in [0.2, 0.25) is 0 Å². The highest BCUT2D eigenvalue weighted by Gasteiger charge is 2.21. The molecule has 0 unspecified atom stereocenters. The Bertz CT molecular complexity index is 444. The lowest BCUT2D eigenvalue weighted by molar-refractivity contribution is 0.625. The highest BCUT2D eigenvalue weighted by Crippen LogP contribution is 2.19. The van der Waals surface area contributed by atoms with Gasteiger partial charge in [-0.1, -0.05) is 6.07 Å². The Kier molecular flexibility index (Phi) is 4.47. The normalized spacial score (nSPS) is 15.8. The Morgan fingerprint density at radius 2 is 2.28 bits per heavy atom. The van der Waals surface area contributed by atoms with Crippen LogP contribution in [-0.4, -0.2) is 18.3 Å². The fraction of sp³-hybridized carbons (Fsp3) is 0.462. The molecule has 1 fully saturated rings. The number of nitrogens with one attached hydrogen (secondary N) is 1. The van der Waals surface area contributed by atoms with Crippen LogP contribution in [0.15, 0.2) is 23.2 Å². The lowest BCUT2D eigenvalue weighted by atomic mass is 10.1. The summed E-state index contributed by atoms with van der Waals surface area (Å²) in [6, 6.07) is 5.34. The zero-order valence-corrected chi connectivity index (χ0v) is 11.3. The number of nitrogens with zero attached hydrogens (tertiary/aromatic N) is 1. The van der Waals surface area contributed by atoms with Crippen molar-refractivity contribution in [2.45, 2.75) is 31.2 Å². The number of hydrogen-bond acceptors (Lipinski definition) is 2. The highest BCUT2D eigenvalue weighted by atomic mass is 32.2. The predicted octanol–water partition coefficient (Wildman–Crippen LogP) is 2.26. The quantitative estimate of drug-likeness (QED) is 0.635. The summed E-state index contributed by atoms with van der Waals surface area (Å²) in [5.41, 5.74) is 7.80. The minimum atomic E-state index is -0.198. The van der Waals surface area contributed by atoms with E-state index >= 15 is 0 Å². The summed E-state index contributed by atoms with van der Waals surface area (Å²) in [7, 11) is 0. The van der Waals surface area contributed by atoms with E-state index in [2.05, 4.69) is 10.3 Å². The third-order valence-corrected chi connectivity index (χ3v) is 3.42. The maximum Gasteiger partial charge on any atom is 0.189 e. The van der Waals surface area contributed by atoms with E-state index in [0.29, 0.717) is 18.5 Å². The van der Waals surface area contributed by atoms with Crippen LogP contribution < -0.4 is 11.1 Å². The van der Waals surface area contributed by atoms with Crippen LogP contribution in [0.5, 0.6) is 0 Å². The van der Waals surface area contributed by atoms with E-state index in [-0.39, 0.29) is 5.82 Å². The molecule has 1 aliphatic rings. The molecule has 98 valence electrons. The lowest BCUT2D eigenvalue weighted by Crippen LogP contribution is -2.33. The molecule has 3 nitrogen and oxygen atoms in total. The second-order valence-electron chi connectivity index (χ2n) is 4.47. The summed E-state index contributed by atoms with van der Waals surface area (Å²) < 4.78 is 13.2. The Balaban J connectivity index is 2.02. The van der Waals surface area contributed by atoms with E-state index in [0.717, 1.165) is 16.9 Å². The molecule has 1 aromatic rings. The Morgan fingerprint density at radius 3 is 2.94 bits per heavy atom. The summed E-state index contributed by atoms with van der Waals surface area (Å²) in [4.78, 5) is 4.30. The van der Waals surface area contributed by atoms with E-state index in [9.17, 15) is 4.39 Å². The van der Waals surface area contributed by atoms with Gasteiger partial charge >= 0.3 is 0 Å². The first-order valence-corrected chi connectivity index (χ1v) is 7.41. The minimum Gasteiger partial charge on any atom is -0.370 e. The summed E-state index contributed by atoms with van der Waals surface area (Å²) in [6.45, 7) is 0.502. The molecule has 0 spiro atoms. The fourth-order valence-electron chi connectivity index (χ4n) is 1.69. The zero-order chi connectivity index (χ0) is 13.0. The van der Waals surface area contributed by atoms with Crippen molar-refractivity contribution in [3.05, 3.63) is 35.1 Å². The average Bonchev–Trinajstić information content (AvgIpc) is 3.12. The Hall–Kier alpha value is -1.23. The SMILES string of the molecule is CSCc1cc(F)ccc1CN=C(N)NC1CC1. The van der Waals surface area contributed by atoms with Crippen LogP contribution in [0.1, 0.15) is 24.0 Å². The minimum absolute atomic E-state index is 0.198. The van der Waals surface area contributed by atoms with Gasteiger partial charge < -0.3 is 11.1 Å². The maximum absolute atomic E-state index is 13.2. The van der Waals surface area contributed by atoms with Crippen LogP contribution in [-0.2, 0) is 12.3 Å². The van der Waals surface area contributed by atoms with E-state index in [1.165, 1.54) is 18.9 Å². The van der Waals surface area contributed by atoms with Crippen molar-refractivity contribution in [1.82, 2.24) is 5.32 Å². The van der Waals surface area contributed by atoms with Crippen LogP contribution in [0.4, 0.5) is 4.39 Å². The van der Waals surface area contributed by atoms with E-state index in [4.69, 9.17) is 5.73 Å². The van der Waals surface area contributed by atoms with Crippen molar-refractivity contribution in [2.24, 2.45) is 10.7 Å². The van der Waals surface area contributed by atoms with Gasteiger partial charge in [0.05, 0.1) is 6.54 Å². The monoisotopic (exact) mass is 267 g/mol. The van der Waals surface area contributed by atoms with Crippen molar-refractivity contribution in [1.29, 1.82) is 0 Å². The molecule has 0 radical (unpaired) electrons. The van der Waals surface area contributed by atoms with Gasteiger partial charge in [0.25, 0.3) is 0 Å². The molecule has 0 atom stereocenters. The lowest BCUT2D eigenvalue weighted by Gasteiger charge is -2.08. The molecule has 1 aliphatic carbocycles. The molecule has 1 aromatic carbocycles. The van der Waals surface area contributed by atoms with E-state index < -0.39 is 0 Å². The molecule has 0 aliphatic heterocycles. The molecule has 2 rings (SSSR count). The van der Waals surface area contributed by atoms with Crippen molar-refractivity contribution >= 4 is 17.7 Å². The van der Waals surface area contributed by atoms with Gasteiger partial charge in [-0.05, 0) is 42.4 Å². The number of guanidine groups is 1. The van der Waals surface area contributed by atoms with Crippen molar-refractivity contribution in [3.8, 4) is 0 Å². The van der Waals surface area contributed by atoms with Crippen LogP contribution in [0.3, 0.4) is 0 Å². The van der Waals surface area contributed by atoms with Gasteiger partial charge in [-0.25, -0.2) is 9.38 Å². The van der Waals surface area contributed by atoms with Gasteiger partial charge in [-0.2, -0.15) is 11.8 Å². The second-order valence-corrected chi connectivity index (χ2v) is 5.33. The van der Waals surface area contributed by atoms with Gasteiger partial charge in [0.15, 0.2) is 5.96 Å². The van der Waals surface area contributed by atoms with Gasteiger partial charge in [-0.15, -0.1) is 0 Å². The van der Waals surface area contributed by atoms with Crippen LogP contribution in [0.25, 0.3) is 0 Å². The Morgan fingerprint density at radius 1 is 1.50 bits per heavy atom. The Labute approximate surface area is 111 Å². The first-order chi connectivity index (χ1) is 8.69. The third-order valence-electron chi connectivity index (χ3n) is 2.82. The number of benzene rings is 1. The van der Waals surface area contributed by atoms with Crippen LogP contribution >= 0.6 is 11.8 Å². The van der Waals surface area contributed by atoms with Gasteiger partial charge in [0.1, 0.15) is 5.82 Å². The average molecular weight is 267 g/mol. The van der Waals surface area contributed by atoms with E-state index in [1.807, 2.05) is 6.26 Å². The first kappa shape index (κ1) is 13.2. The van der Waals surface area contributed by atoms with Crippen molar-refractivity contribution in [2.75, 3.05) is 6.26 Å². The topological polar surface area (TPSA) is 50.4 Å². The van der Waals surface area contributed by atoms with Gasteiger partial charge in [-0.3, -0.25) is 0 Å². The molecule has 5 heteroatoms. The number of nitrogens with two attached hydrogens (primary N) is 1. The first-order valence-electron chi connectivity index (χ1n) is 6.01. The molecule has 18 heavy (non-hydrogen) atoms. The molecule has 1 saturated carbocycles. The summed E-state index contributed by atoms with van der Waals surface area (Å²) in [5, 5.41) is 3.14. The van der Waals surface area contributed by atoms with E-state index in [1.54, 1.807) is 23.9 Å². The zero-order valence-electron chi connectivity index (χ0n) is 10.4. The van der Waals surface area contributed by atoms with Gasteiger partial charge in [0, 0.05) is 11.8 Å². The molecular weight excluding hydrogens is 249 g/mol. The molecule has 0 amide bonds. The number of rotatable bonds is 5. The number of hydrogen-bond donors (Lipinski definition) is 2. The summed E-state index contributed by atoms with van der Waals surface area (Å²) >= 11 is 1.67. The maximum atomic E-state index is 13.2. The third kappa shape index (κ3) is 3.91. The van der Waals surface area contributed by atoms with Crippen LogP contribution in [0, 0.1) is 5.82 Å². The van der Waals surface area contributed by atoms with Crippen molar-refractivity contribution in [3.63, 3.8) is 0 Å². The smallest absolute Gasteiger partial charge is 0.189 e. The largest absolute Gasteiger partial charge is 0.370 e.